The number of hydrogen-bond donors (Lipinski definition) is 1. The van der Waals surface area contributed by atoms with Crippen molar-refractivity contribution in [1.29, 1.82) is 0 Å². The zero-order valence-corrected chi connectivity index (χ0v) is 10.4. The lowest BCUT2D eigenvalue weighted by molar-refractivity contribution is 0.145. The molecule has 15 heavy (non-hydrogen) atoms. The van der Waals surface area contributed by atoms with Gasteiger partial charge in [-0.15, -0.1) is 0 Å². The Morgan fingerprint density at radius 1 is 1.33 bits per heavy atom. The van der Waals surface area contributed by atoms with Gasteiger partial charge in [0.05, 0.1) is 0 Å². The van der Waals surface area contributed by atoms with E-state index < -0.39 is 0 Å². The van der Waals surface area contributed by atoms with Gasteiger partial charge in [0.25, 0.3) is 0 Å². The van der Waals surface area contributed by atoms with Gasteiger partial charge in [0.1, 0.15) is 0 Å². The van der Waals surface area contributed by atoms with Crippen LogP contribution in [0, 0.1) is 17.8 Å². The molecule has 88 valence electrons. The van der Waals surface area contributed by atoms with Crippen molar-refractivity contribution < 1.29 is 4.79 Å². The van der Waals surface area contributed by atoms with E-state index in [9.17, 15) is 4.79 Å². The highest BCUT2D eigenvalue weighted by atomic mass is 16.2. The van der Waals surface area contributed by atoms with Crippen LogP contribution in [0.5, 0.6) is 0 Å². The van der Waals surface area contributed by atoms with Crippen LogP contribution in [0.15, 0.2) is 0 Å². The number of carbonyl (C=O) groups excluding carboxylic acids is 1. The molecule has 2 amide bonds. The van der Waals surface area contributed by atoms with Gasteiger partial charge in [-0.3, -0.25) is 0 Å². The predicted octanol–water partition coefficient (Wildman–Crippen LogP) is 2.33. The summed E-state index contributed by atoms with van der Waals surface area (Å²) in [5.41, 5.74) is 0. The van der Waals surface area contributed by atoms with Crippen molar-refractivity contribution in [3.05, 3.63) is 0 Å². The highest BCUT2D eigenvalue weighted by Crippen LogP contribution is 2.20. The zero-order valence-electron chi connectivity index (χ0n) is 10.4. The molecule has 0 spiro atoms. The highest BCUT2D eigenvalue weighted by Gasteiger charge is 2.24. The highest BCUT2D eigenvalue weighted by molar-refractivity contribution is 5.74. The number of hydrogen-bond acceptors (Lipinski definition) is 1. The predicted molar refractivity (Wildman–Crippen MR) is 62.8 cm³/mol. The van der Waals surface area contributed by atoms with Gasteiger partial charge >= 0.3 is 6.03 Å². The number of amides is 2. The van der Waals surface area contributed by atoms with Crippen molar-refractivity contribution >= 4 is 6.03 Å². The van der Waals surface area contributed by atoms with Gasteiger partial charge in [0.15, 0.2) is 0 Å². The second kappa shape index (κ2) is 5.38. The first-order valence-electron chi connectivity index (χ1n) is 6.01. The number of nitrogens with zero attached hydrogens (tertiary/aromatic N) is 1. The first-order valence-corrected chi connectivity index (χ1v) is 6.01. The van der Waals surface area contributed by atoms with Crippen LogP contribution in [0.3, 0.4) is 0 Å². The third-order valence-electron chi connectivity index (χ3n) is 2.82. The van der Waals surface area contributed by atoms with Crippen molar-refractivity contribution in [1.82, 2.24) is 10.2 Å². The number of rotatable bonds is 2. The Bertz CT molecular complexity index is 206. The van der Waals surface area contributed by atoms with E-state index in [-0.39, 0.29) is 6.03 Å². The second-order valence-electron chi connectivity index (χ2n) is 5.43. The molecule has 0 saturated carbocycles. The Morgan fingerprint density at radius 3 is 2.33 bits per heavy atom. The molecule has 0 aromatic carbocycles. The largest absolute Gasteiger partial charge is 0.338 e. The quantitative estimate of drug-likeness (QED) is 0.748. The van der Waals surface area contributed by atoms with Gasteiger partial charge in [-0.05, 0) is 24.2 Å². The molecule has 2 unspecified atom stereocenters. The summed E-state index contributed by atoms with van der Waals surface area (Å²) in [4.78, 5) is 13.8. The van der Waals surface area contributed by atoms with Crippen LogP contribution in [0.25, 0.3) is 0 Å². The lowest BCUT2D eigenvalue weighted by atomic mass is 9.92. The average Bonchev–Trinajstić information content (AvgIpc) is 2.12. The van der Waals surface area contributed by atoms with Gasteiger partial charge in [0.2, 0.25) is 0 Å². The molecular weight excluding hydrogens is 188 g/mol. The fraction of sp³-hybridized carbons (Fsp3) is 0.917. The Labute approximate surface area is 93.2 Å². The first kappa shape index (κ1) is 12.3. The van der Waals surface area contributed by atoms with Crippen LogP contribution in [0.4, 0.5) is 4.79 Å². The van der Waals surface area contributed by atoms with Crippen LogP contribution in [-0.4, -0.2) is 30.6 Å². The van der Waals surface area contributed by atoms with Crippen molar-refractivity contribution in [2.24, 2.45) is 17.8 Å². The molecule has 1 aliphatic rings. The average molecular weight is 212 g/mol. The molecule has 3 heteroatoms. The topological polar surface area (TPSA) is 32.3 Å². The molecule has 0 bridgehead atoms. The van der Waals surface area contributed by atoms with Crippen LogP contribution >= 0.6 is 0 Å². The van der Waals surface area contributed by atoms with E-state index in [0.29, 0.717) is 17.8 Å². The number of carbonyl (C=O) groups is 1. The van der Waals surface area contributed by atoms with E-state index in [1.54, 1.807) is 0 Å². The van der Waals surface area contributed by atoms with E-state index in [1.165, 1.54) is 6.42 Å². The molecule has 1 rings (SSSR count). The number of nitrogens with one attached hydrogen (secondary N) is 1. The summed E-state index contributed by atoms with van der Waals surface area (Å²) in [7, 11) is 0. The molecule has 0 aliphatic carbocycles. The maximum Gasteiger partial charge on any atom is 0.317 e. The summed E-state index contributed by atoms with van der Waals surface area (Å²) in [5, 5.41) is 2.98. The smallest absolute Gasteiger partial charge is 0.317 e. The summed E-state index contributed by atoms with van der Waals surface area (Å²) in [5.74, 6) is 1.80. The molecule has 3 nitrogen and oxygen atoms in total. The Balaban J connectivity index is 2.38. The molecule has 0 aromatic rings. The summed E-state index contributed by atoms with van der Waals surface area (Å²) < 4.78 is 0. The Hall–Kier alpha value is -0.730. The van der Waals surface area contributed by atoms with Crippen LogP contribution in [-0.2, 0) is 0 Å². The maximum absolute atomic E-state index is 11.8. The molecule has 1 fully saturated rings. The summed E-state index contributed by atoms with van der Waals surface area (Å²) in [6.07, 6.45) is 1.24. The van der Waals surface area contributed by atoms with Crippen LogP contribution in [0.2, 0.25) is 0 Å². The number of piperidine rings is 1. The SMILES string of the molecule is CC(C)CNC(=O)N1CC(C)CC(C)C1. The number of likely N-dealkylation sites (tertiary alicyclic amines) is 1. The minimum Gasteiger partial charge on any atom is -0.338 e. The van der Waals surface area contributed by atoms with Crippen molar-refractivity contribution in [2.45, 2.75) is 34.1 Å². The van der Waals surface area contributed by atoms with E-state index in [4.69, 9.17) is 0 Å². The first-order chi connectivity index (χ1) is 6.99. The second-order valence-corrected chi connectivity index (χ2v) is 5.43. The number of urea groups is 1. The molecule has 2 atom stereocenters. The Morgan fingerprint density at radius 2 is 1.87 bits per heavy atom. The normalized spacial score (nSPS) is 26.9. The van der Waals surface area contributed by atoms with Crippen LogP contribution < -0.4 is 5.32 Å². The van der Waals surface area contributed by atoms with Gasteiger partial charge in [-0.25, -0.2) is 4.79 Å². The van der Waals surface area contributed by atoms with Crippen LogP contribution in [0.1, 0.15) is 34.1 Å². The van der Waals surface area contributed by atoms with Gasteiger partial charge in [0, 0.05) is 19.6 Å². The molecule has 1 aliphatic heterocycles. The lowest BCUT2D eigenvalue weighted by Gasteiger charge is -2.35. The van der Waals surface area contributed by atoms with Gasteiger partial charge in [-0.1, -0.05) is 27.7 Å². The summed E-state index contributed by atoms with van der Waals surface area (Å²) in [6.45, 7) is 11.3. The van der Waals surface area contributed by atoms with E-state index >= 15 is 0 Å². The third-order valence-corrected chi connectivity index (χ3v) is 2.82. The third kappa shape index (κ3) is 4.10. The molecule has 1 N–H and O–H groups in total. The summed E-state index contributed by atoms with van der Waals surface area (Å²) in [6, 6.07) is 0.113. The lowest BCUT2D eigenvalue weighted by Crippen LogP contribution is -2.48. The molecule has 0 aromatic heterocycles. The van der Waals surface area contributed by atoms with Gasteiger partial charge in [-0.2, -0.15) is 0 Å². The molecular formula is C12H24N2O. The minimum absolute atomic E-state index is 0.113. The van der Waals surface area contributed by atoms with Crippen molar-refractivity contribution in [3.8, 4) is 0 Å². The fourth-order valence-electron chi connectivity index (χ4n) is 2.23. The standard InChI is InChI=1S/C12H24N2O/c1-9(2)6-13-12(15)14-7-10(3)5-11(4)8-14/h9-11H,5-8H2,1-4H3,(H,13,15). The van der Waals surface area contributed by atoms with Gasteiger partial charge < -0.3 is 10.2 Å². The summed E-state index contributed by atoms with van der Waals surface area (Å²) >= 11 is 0. The fourth-order valence-corrected chi connectivity index (χ4v) is 2.23. The van der Waals surface area contributed by atoms with Crippen molar-refractivity contribution in [2.75, 3.05) is 19.6 Å². The monoisotopic (exact) mass is 212 g/mol. The van der Waals surface area contributed by atoms with Crippen molar-refractivity contribution in [3.63, 3.8) is 0 Å². The van der Waals surface area contributed by atoms with E-state index in [2.05, 4.69) is 33.0 Å². The molecule has 1 heterocycles. The van der Waals surface area contributed by atoms with E-state index in [1.807, 2.05) is 4.90 Å². The molecule has 1 saturated heterocycles. The Kier molecular flexibility index (Phi) is 4.43. The minimum atomic E-state index is 0.113. The molecule has 0 radical (unpaired) electrons. The zero-order chi connectivity index (χ0) is 11.4. The maximum atomic E-state index is 11.8. The van der Waals surface area contributed by atoms with E-state index in [0.717, 1.165) is 19.6 Å².